The topological polar surface area (TPSA) is 77.1 Å². The summed E-state index contributed by atoms with van der Waals surface area (Å²) in [7, 11) is 4.71. The maximum atomic E-state index is 13.0. The van der Waals surface area contributed by atoms with Crippen LogP contribution in [0.15, 0.2) is 42.5 Å². The third kappa shape index (κ3) is 4.03. The smallest absolute Gasteiger partial charge is 0.262 e. The molecule has 1 aliphatic rings. The van der Waals surface area contributed by atoms with Crippen molar-refractivity contribution in [3.05, 3.63) is 48.0 Å². The highest BCUT2D eigenvalue weighted by Crippen LogP contribution is 2.34. The number of hydrogen-bond acceptors (Lipinski definition) is 5. The summed E-state index contributed by atoms with van der Waals surface area (Å²) in [6.45, 7) is 0.182. The van der Waals surface area contributed by atoms with E-state index in [1.165, 1.54) is 0 Å². The number of fused-ring (bicyclic) bond motifs is 1. The fraction of sp³-hybridized carbons (Fsp3) is 0.333. The standard InChI is InChI=1S/C21H24N2O5/c1-22-21(25)19-13-23(15-6-4-5-7-16(15)28-19)20(24)11-9-14-8-10-17(26-2)18(12-14)27-3/h4-8,10,12,19H,9,11,13H2,1-3H3,(H,22,25)/t19-/m1/s1. The first-order chi connectivity index (χ1) is 13.6. The van der Waals surface area contributed by atoms with Gasteiger partial charge in [-0.2, -0.15) is 0 Å². The van der Waals surface area contributed by atoms with Crippen LogP contribution >= 0.6 is 0 Å². The number of methoxy groups -OCH3 is 2. The van der Waals surface area contributed by atoms with Gasteiger partial charge in [0, 0.05) is 13.5 Å². The molecular weight excluding hydrogens is 360 g/mol. The normalized spacial score (nSPS) is 15.2. The summed E-state index contributed by atoms with van der Waals surface area (Å²) in [4.78, 5) is 26.6. The first kappa shape index (κ1) is 19.5. The van der Waals surface area contributed by atoms with Gasteiger partial charge in [-0.3, -0.25) is 9.59 Å². The Kier molecular flexibility index (Phi) is 6.03. The molecular formula is C21H24N2O5. The average molecular weight is 384 g/mol. The number of amides is 2. The van der Waals surface area contributed by atoms with E-state index in [0.29, 0.717) is 35.8 Å². The molecule has 1 atom stereocenters. The van der Waals surface area contributed by atoms with E-state index >= 15 is 0 Å². The Morgan fingerprint density at radius 2 is 1.89 bits per heavy atom. The molecule has 28 heavy (non-hydrogen) atoms. The number of carbonyl (C=O) groups is 2. The largest absolute Gasteiger partial charge is 0.493 e. The number of rotatable bonds is 6. The molecule has 0 bridgehead atoms. The van der Waals surface area contributed by atoms with E-state index in [0.717, 1.165) is 5.56 Å². The average Bonchev–Trinajstić information content (AvgIpc) is 2.75. The van der Waals surface area contributed by atoms with Crippen molar-refractivity contribution < 1.29 is 23.8 Å². The molecule has 148 valence electrons. The molecule has 2 amide bonds. The zero-order valence-electron chi connectivity index (χ0n) is 16.2. The molecule has 7 nitrogen and oxygen atoms in total. The first-order valence-corrected chi connectivity index (χ1v) is 9.06. The third-order valence-electron chi connectivity index (χ3n) is 4.69. The van der Waals surface area contributed by atoms with E-state index in [-0.39, 0.29) is 18.4 Å². The fourth-order valence-corrected chi connectivity index (χ4v) is 3.19. The molecule has 0 saturated heterocycles. The van der Waals surface area contributed by atoms with E-state index in [2.05, 4.69) is 5.32 Å². The highest BCUT2D eigenvalue weighted by molar-refractivity contribution is 5.97. The molecule has 1 N–H and O–H groups in total. The molecule has 0 aromatic heterocycles. The number of aryl methyl sites for hydroxylation is 1. The third-order valence-corrected chi connectivity index (χ3v) is 4.69. The van der Waals surface area contributed by atoms with Crippen molar-refractivity contribution in [3.8, 4) is 17.2 Å². The predicted molar refractivity (Wildman–Crippen MR) is 105 cm³/mol. The van der Waals surface area contributed by atoms with Crippen molar-refractivity contribution in [3.63, 3.8) is 0 Å². The van der Waals surface area contributed by atoms with Crippen LogP contribution in [0, 0.1) is 0 Å². The van der Waals surface area contributed by atoms with Gasteiger partial charge in [-0.25, -0.2) is 0 Å². The van der Waals surface area contributed by atoms with Crippen LogP contribution in [-0.2, 0) is 16.0 Å². The van der Waals surface area contributed by atoms with Crippen LogP contribution in [0.3, 0.4) is 0 Å². The summed E-state index contributed by atoms with van der Waals surface area (Å²) in [5.74, 6) is 1.48. The Hall–Kier alpha value is -3.22. The lowest BCUT2D eigenvalue weighted by atomic mass is 10.1. The highest BCUT2D eigenvalue weighted by atomic mass is 16.5. The zero-order chi connectivity index (χ0) is 20.1. The van der Waals surface area contributed by atoms with Gasteiger partial charge in [-0.1, -0.05) is 18.2 Å². The van der Waals surface area contributed by atoms with Gasteiger partial charge in [0.1, 0.15) is 5.75 Å². The molecule has 0 unspecified atom stereocenters. The molecule has 7 heteroatoms. The van der Waals surface area contributed by atoms with Crippen LogP contribution in [0.4, 0.5) is 5.69 Å². The van der Waals surface area contributed by atoms with Crippen molar-refractivity contribution in [2.75, 3.05) is 32.7 Å². The maximum absolute atomic E-state index is 13.0. The van der Waals surface area contributed by atoms with Crippen LogP contribution in [0.25, 0.3) is 0 Å². The van der Waals surface area contributed by atoms with Crippen LogP contribution in [0.5, 0.6) is 17.2 Å². The number of benzene rings is 2. The second-order valence-corrected chi connectivity index (χ2v) is 6.38. The van der Waals surface area contributed by atoms with Gasteiger partial charge in [-0.05, 0) is 36.2 Å². The minimum atomic E-state index is -0.732. The van der Waals surface area contributed by atoms with Crippen molar-refractivity contribution in [1.29, 1.82) is 0 Å². The number of hydrogen-bond donors (Lipinski definition) is 1. The number of nitrogens with zero attached hydrogens (tertiary/aromatic N) is 1. The van der Waals surface area contributed by atoms with E-state index in [1.54, 1.807) is 32.2 Å². The molecule has 2 aromatic rings. The monoisotopic (exact) mass is 384 g/mol. The van der Waals surface area contributed by atoms with Crippen LogP contribution in [0.2, 0.25) is 0 Å². The number of carbonyl (C=O) groups excluding carboxylic acids is 2. The van der Waals surface area contributed by atoms with Gasteiger partial charge in [0.15, 0.2) is 17.6 Å². The van der Waals surface area contributed by atoms with E-state index in [4.69, 9.17) is 14.2 Å². The summed E-state index contributed by atoms with van der Waals surface area (Å²) in [5, 5.41) is 2.58. The fourth-order valence-electron chi connectivity index (χ4n) is 3.19. The molecule has 3 rings (SSSR count). The summed E-state index contributed by atoms with van der Waals surface area (Å²) >= 11 is 0. The lowest BCUT2D eigenvalue weighted by Gasteiger charge is -2.34. The Bertz CT molecular complexity index is 868. The lowest BCUT2D eigenvalue weighted by Crippen LogP contribution is -2.50. The van der Waals surface area contributed by atoms with E-state index in [9.17, 15) is 9.59 Å². The Morgan fingerprint density at radius 3 is 2.61 bits per heavy atom. The van der Waals surface area contributed by atoms with Gasteiger partial charge in [0.05, 0.1) is 26.5 Å². The number of nitrogens with one attached hydrogen (secondary N) is 1. The molecule has 0 saturated carbocycles. The predicted octanol–water partition coefficient (Wildman–Crippen LogP) is 2.18. The van der Waals surface area contributed by atoms with E-state index < -0.39 is 6.10 Å². The number of likely N-dealkylation sites (N-methyl/N-ethyl adjacent to an activating group) is 1. The van der Waals surface area contributed by atoms with Crippen molar-refractivity contribution in [1.82, 2.24) is 5.32 Å². The number of para-hydroxylation sites is 2. The molecule has 0 fully saturated rings. The second kappa shape index (κ2) is 8.65. The molecule has 0 spiro atoms. The molecule has 2 aromatic carbocycles. The SMILES string of the molecule is CNC(=O)[C@H]1CN(C(=O)CCc2ccc(OC)c(OC)c2)c2ccccc2O1. The van der Waals surface area contributed by atoms with Gasteiger partial charge in [0.2, 0.25) is 5.91 Å². The summed E-state index contributed by atoms with van der Waals surface area (Å²) in [5.41, 5.74) is 1.65. The zero-order valence-corrected chi connectivity index (χ0v) is 16.2. The summed E-state index contributed by atoms with van der Waals surface area (Å²) in [6.07, 6.45) is 0.109. The quantitative estimate of drug-likeness (QED) is 0.826. The maximum Gasteiger partial charge on any atom is 0.262 e. The Morgan fingerprint density at radius 1 is 1.14 bits per heavy atom. The number of anilines is 1. The molecule has 1 aliphatic heterocycles. The molecule has 0 radical (unpaired) electrons. The minimum absolute atomic E-state index is 0.0700. The summed E-state index contributed by atoms with van der Waals surface area (Å²) < 4.78 is 16.3. The summed E-state index contributed by atoms with van der Waals surface area (Å²) in [6, 6.07) is 12.9. The van der Waals surface area contributed by atoms with Gasteiger partial charge in [-0.15, -0.1) is 0 Å². The number of ether oxygens (including phenoxy) is 3. The van der Waals surface area contributed by atoms with Crippen LogP contribution in [-0.4, -0.2) is 45.7 Å². The minimum Gasteiger partial charge on any atom is -0.493 e. The van der Waals surface area contributed by atoms with E-state index in [1.807, 2.05) is 36.4 Å². The highest BCUT2D eigenvalue weighted by Gasteiger charge is 2.33. The molecule has 0 aliphatic carbocycles. The van der Waals surface area contributed by atoms with Crippen molar-refractivity contribution in [2.45, 2.75) is 18.9 Å². The lowest BCUT2D eigenvalue weighted by molar-refractivity contribution is -0.127. The molecule has 1 heterocycles. The Labute approximate surface area is 164 Å². The first-order valence-electron chi connectivity index (χ1n) is 9.06. The van der Waals surface area contributed by atoms with Gasteiger partial charge >= 0.3 is 0 Å². The van der Waals surface area contributed by atoms with Crippen molar-refractivity contribution in [2.24, 2.45) is 0 Å². The van der Waals surface area contributed by atoms with Gasteiger partial charge in [0.25, 0.3) is 5.91 Å². The van der Waals surface area contributed by atoms with Crippen LogP contribution < -0.4 is 24.4 Å². The van der Waals surface area contributed by atoms with Crippen molar-refractivity contribution >= 4 is 17.5 Å². The Balaban J connectivity index is 1.75. The van der Waals surface area contributed by atoms with Gasteiger partial charge < -0.3 is 24.4 Å². The second-order valence-electron chi connectivity index (χ2n) is 6.38. The van der Waals surface area contributed by atoms with Crippen LogP contribution in [0.1, 0.15) is 12.0 Å².